The van der Waals surface area contributed by atoms with Crippen molar-refractivity contribution in [3.63, 3.8) is 0 Å². The predicted molar refractivity (Wildman–Crippen MR) is 177 cm³/mol. The third-order valence-electron chi connectivity index (χ3n) is 8.00. The normalized spacial score (nSPS) is 14.4. The Balaban J connectivity index is 1.71. The van der Waals surface area contributed by atoms with E-state index in [1.807, 2.05) is 6.92 Å². The molecule has 3 aromatic rings. The second-order valence-corrected chi connectivity index (χ2v) is 13.8. The molecule has 0 aliphatic heterocycles. The Hall–Kier alpha value is -3.47. The summed E-state index contributed by atoms with van der Waals surface area (Å²) in [5, 5.41) is 3.75. The highest BCUT2D eigenvalue weighted by Gasteiger charge is 2.33. The van der Waals surface area contributed by atoms with Crippen molar-refractivity contribution in [3.8, 4) is 11.5 Å². The molecule has 1 N–H and O–H groups in total. The molecular formula is C33H39Cl2N3O6S. The summed E-state index contributed by atoms with van der Waals surface area (Å²) in [7, 11) is -1.43. The SMILES string of the molecule is COc1ccc(S(=O)(=O)N(CC(=O)N(Cc2ccc(Cl)c(Cl)c2)[C@H](C)C(=O)NC2CCCCC2)c2ccc(C)cc2)cc1OC. The smallest absolute Gasteiger partial charge is 0.264 e. The Morgan fingerprint density at radius 1 is 0.911 bits per heavy atom. The molecule has 1 saturated carbocycles. The Labute approximate surface area is 275 Å². The molecule has 0 radical (unpaired) electrons. The molecule has 1 fully saturated rings. The molecule has 1 aliphatic rings. The maximum Gasteiger partial charge on any atom is 0.264 e. The first-order chi connectivity index (χ1) is 21.4. The van der Waals surface area contributed by atoms with E-state index in [0.29, 0.717) is 21.4 Å². The van der Waals surface area contributed by atoms with E-state index in [2.05, 4.69) is 5.32 Å². The number of nitrogens with zero attached hydrogens (tertiary/aromatic N) is 2. The van der Waals surface area contributed by atoms with Gasteiger partial charge >= 0.3 is 0 Å². The van der Waals surface area contributed by atoms with Crippen LogP contribution in [0.25, 0.3) is 0 Å². The van der Waals surface area contributed by atoms with E-state index in [4.69, 9.17) is 32.7 Å². The maximum absolute atomic E-state index is 14.2. The summed E-state index contributed by atoms with van der Waals surface area (Å²) in [6, 6.07) is 15.2. The van der Waals surface area contributed by atoms with Crippen molar-refractivity contribution >= 4 is 50.7 Å². The summed E-state index contributed by atoms with van der Waals surface area (Å²) in [4.78, 5) is 29.0. The van der Waals surface area contributed by atoms with Crippen molar-refractivity contribution in [2.45, 2.75) is 69.5 Å². The van der Waals surface area contributed by atoms with Crippen LogP contribution in [0.15, 0.2) is 65.6 Å². The fourth-order valence-electron chi connectivity index (χ4n) is 5.33. The number of sulfonamides is 1. The van der Waals surface area contributed by atoms with Crippen LogP contribution in [0.1, 0.15) is 50.2 Å². The van der Waals surface area contributed by atoms with Gasteiger partial charge in [0.25, 0.3) is 10.0 Å². The lowest BCUT2D eigenvalue weighted by Crippen LogP contribution is -2.53. The van der Waals surface area contributed by atoms with Crippen molar-refractivity contribution in [3.05, 3.63) is 81.8 Å². The van der Waals surface area contributed by atoms with Gasteiger partial charge in [-0.05, 0) is 68.7 Å². The summed E-state index contributed by atoms with van der Waals surface area (Å²) in [5.74, 6) is -0.292. The van der Waals surface area contributed by atoms with E-state index in [-0.39, 0.29) is 34.8 Å². The third kappa shape index (κ3) is 8.42. The molecule has 1 aliphatic carbocycles. The molecule has 3 aromatic carbocycles. The van der Waals surface area contributed by atoms with Crippen LogP contribution < -0.4 is 19.1 Å². The number of nitrogens with one attached hydrogen (secondary N) is 1. The van der Waals surface area contributed by atoms with E-state index < -0.39 is 28.5 Å². The van der Waals surface area contributed by atoms with E-state index in [1.54, 1.807) is 49.4 Å². The molecule has 0 spiro atoms. The highest BCUT2D eigenvalue weighted by molar-refractivity contribution is 7.92. The number of methoxy groups -OCH3 is 2. The first-order valence-electron chi connectivity index (χ1n) is 14.8. The molecule has 12 heteroatoms. The van der Waals surface area contributed by atoms with E-state index >= 15 is 0 Å². The lowest BCUT2D eigenvalue weighted by Gasteiger charge is -2.33. The Morgan fingerprint density at radius 2 is 1.58 bits per heavy atom. The van der Waals surface area contributed by atoms with E-state index in [1.165, 1.54) is 37.3 Å². The largest absolute Gasteiger partial charge is 0.493 e. The highest BCUT2D eigenvalue weighted by Crippen LogP contribution is 2.33. The van der Waals surface area contributed by atoms with Crippen LogP contribution in [0.2, 0.25) is 10.0 Å². The van der Waals surface area contributed by atoms with Crippen LogP contribution in [0.4, 0.5) is 5.69 Å². The number of ether oxygens (including phenoxy) is 2. The van der Waals surface area contributed by atoms with E-state index in [0.717, 1.165) is 42.0 Å². The second-order valence-electron chi connectivity index (χ2n) is 11.2. The van der Waals surface area contributed by atoms with Crippen LogP contribution in [-0.2, 0) is 26.2 Å². The maximum atomic E-state index is 14.2. The minimum atomic E-state index is -4.30. The van der Waals surface area contributed by atoms with Crippen LogP contribution >= 0.6 is 23.2 Å². The van der Waals surface area contributed by atoms with E-state index in [9.17, 15) is 18.0 Å². The average Bonchev–Trinajstić information content (AvgIpc) is 3.04. The summed E-state index contributed by atoms with van der Waals surface area (Å²) >= 11 is 12.4. The molecule has 0 saturated heterocycles. The van der Waals surface area contributed by atoms with Gasteiger partial charge in [-0.3, -0.25) is 13.9 Å². The summed E-state index contributed by atoms with van der Waals surface area (Å²) < 4.78 is 40.1. The predicted octanol–water partition coefficient (Wildman–Crippen LogP) is 6.38. The van der Waals surface area contributed by atoms with Crippen LogP contribution in [-0.4, -0.2) is 58.0 Å². The molecule has 2 amide bonds. The Morgan fingerprint density at radius 3 is 2.20 bits per heavy atom. The number of rotatable bonds is 12. The number of aryl methyl sites for hydroxylation is 1. The molecule has 9 nitrogen and oxygen atoms in total. The number of carbonyl (C=O) groups excluding carboxylic acids is 2. The molecule has 0 aromatic heterocycles. The molecule has 0 heterocycles. The summed E-state index contributed by atoms with van der Waals surface area (Å²) in [6.07, 6.45) is 4.96. The van der Waals surface area contributed by atoms with Gasteiger partial charge in [0.1, 0.15) is 12.6 Å². The topological polar surface area (TPSA) is 105 Å². The van der Waals surface area contributed by atoms with Crippen molar-refractivity contribution in [2.24, 2.45) is 0 Å². The summed E-state index contributed by atoms with van der Waals surface area (Å²) in [6.45, 7) is 2.97. The number of hydrogen-bond donors (Lipinski definition) is 1. The quantitative estimate of drug-likeness (QED) is 0.239. The fraction of sp³-hybridized carbons (Fsp3) is 0.394. The van der Waals surface area contributed by atoms with Crippen molar-refractivity contribution in [1.82, 2.24) is 10.2 Å². The lowest BCUT2D eigenvalue weighted by atomic mass is 9.95. The Kier molecular flexibility index (Phi) is 11.6. The minimum Gasteiger partial charge on any atom is -0.493 e. The lowest BCUT2D eigenvalue weighted by molar-refractivity contribution is -0.139. The van der Waals surface area contributed by atoms with Crippen LogP contribution in [0.3, 0.4) is 0 Å². The molecule has 1 atom stereocenters. The van der Waals surface area contributed by atoms with Gasteiger partial charge < -0.3 is 19.7 Å². The highest BCUT2D eigenvalue weighted by atomic mass is 35.5. The number of hydrogen-bond acceptors (Lipinski definition) is 6. The van der Waals surface area contributed by atoms with Crippen LogP contribution in [0, 0.1) is 6.92 Å². The first-order valence-corrected chi connectivity index (χ1v) is 17.0. The molecular weight excluding hydrogens is 637 g/mol. The number of carbonyl (C=O) groups is 2. The molecule has 0 unspecified atom stereocenters. The minimum absolute atomic E-state index is 0.00706. The molecule has 4 rings (SSSR count). The molecule has 45 heavy (non-hydrogen) atoms. The van der Waals surface area contributed by atoms with Gasteiger partial charge in [-0.2, -0.15) is 0 Å². The van der Waals surface area contributed by atoms with Gasteiger partial charge in [-0.25, -0.2) is 8.42 Å². The number of benzene rings is 3. The third-order valence-corrected chi connectivity index (χ3v) is 10.5. The van der Waals surface area contributed by atoms with Crippen molar-refractivity contribution in [1.29, 1.82) is 0 Å². The van der Waals surface area contributed by atoms with Gasteiger partial charge in [0.15, 0.2) is 11.5 Å². The van der Waals surface area contributed by atoms with Gasteiger partial charge in [0, 0.05) is 18.7 Å². The molecule has 0 bridgehead atoms. The summed E-state index contributed by atoms with van der Waals surface area (Å²) in [5.41, 5.74) is 1.85. The second kappa shape index (κ2) is 15.2. The van der Waals surface area contributed by atoms with Gasteiger partial charge in [-0.15, -0.1) is 0 Å². The fourth-order valence-corrected chi connectivity index (χ4v) is 7.08. The van der Waals surface area contributed by atoms with Gasteiger partial charge in [0.2, 0.25) is 11.8 Å². The van der Waals surface area contributed by atoms with Crippen molar-refractivity contribution < 1.29 is 27.5 Å². The van der Waals surface area contributed by atoms with Crippen molar-refractivity contribution in [2.75, 3.05) is 25.1 Å². The van der Waals surface area contributed by atoms with Gasteiger partial charge in [-0.1, -0.05) is 66.2 Å². The zero-order chi connectivity index (χ0) is 32.7. The number of anilines is 1. The zero-order valence-corrected chi connectivity index (χ0v) is 28.2. The molecule has 242 valence electrons. The average molecular weight is 677 g/mol. The number of halogens is 2. The first kappa shape index (κ1) is 34.4. The van der Waals surface area contributed by atoms with Gasteiger partial charge in [0.05, 0.1) is 34.8 Å². The standard InChI is InChI=1S/C33H39Cl2N3O6S/c1-22-10-13-26(14-11-22)38(45(41,42)27-15-17-30(43-3)31(19-27)44-4)21-32(39)37(20-24-12-16-28(34)29(35)18-24)23(2)33(40)36-25-8-6-5-7-9-25/h10-19,23,25H,5-9,20-21H2,1-4H3,(H,36,40)/t23-/m1/s1. The Bertz CT molecular complexity index is 1610. The zero-order valence-electron chi connectivity index (χ0n) is 25.9. The monoisotopic (exact) mass is 675 g/mol. The number of amides is 2. The van der Waals surface area contributed by atoms with Crippen LogP contribution in [0.5, 0.6) is 11.5 Å².